The zero-order valence-electron chi connectivity index (χ0n) is 12.2. The van der Waals surface area contributed by atoms with E-state index in [9.17, 15) is 13.5 Å². The Hall–Kier alpha value is -1.07. The second-order valence-electron chi connectivity index (χ2n) is 5.07. The van der Waals surface area contributed by atoms with E-state index in [0.29, 0.717) is 17.9 Å². The number of sulfone groups is 1. The first-order valence-corrected chi connectivity index (χ1v) is 9.50. The summed E-state index contributed by atoms with van der Waals surface area (Å²) in [6.07, 6.45) is 1.90. The van der Waals surface area contributed by atoms with E-state index in [-0.39, 0.29) is 17.2 Å². The zero-order valence-corrected chi connectivity index (χ0v) is 13.8. The molecule has 0 radical (unpaired) electrons. The van der Waals surface area contributed by atoms with Crippen molar-refractivity contribution in [3.05, 3.63) is 29.8 Å². The lowest BCUT2D eigenvalue weighted by atomic mass is 10.1. The van der Waals surface area contributed by atoms with E-state index in [2.05, 4.69) is 5.32 Å². The van der Waals surface area contributed by atoms with Crippen LogP contribution < -0.4 is 5.32 Å². The van der Waals surface area contributed by atoms with E-state index >= 15 is 0 Å². The average molecular weight is 328 g/mol. The smallest absolute Gasteiger partial charge is 0.179 e. The molecule has 1 atom stereocenters. The molecular formula is C14H20N2O3S2. The number of hydrogen-bond donors (Lipinski definition) is 2. The summed E-state index contributed by atoms with van der Waals surface area (Å²) < 4.78 is 24.3. The average Bonchev–Trinajstić information content (AvgIpc) is 2.44. The second-order valence-corrected chi connectivity index (χ2v) is 8.04. The third-order valence-electron chi connectivity index (χ3n) is 2.83. The Bertz CT molecular complexity index is 607. The molecule has 2 N–H and O–H groups in total. The van der Waals surface area contributed by atoms with Crippen LogP contribution in [-0.2, 0) is 9.84 Å². The minimum absolute atomic E-state index is 0.0722. The van der Waals surface area contributed by atoms with Gasteiger partial charge in [-0.1, -0.05) is 6.07 Å². The first-order valence-electron chi connectivity index (χ1n) is 6.46. The highest BCUT2D eigenvalue weighted by Crippen LogP contribution is 2.13. The van der Waals surface area contributed by atoms with Crippen LogP contribution in [0.5, 0.6) is 0 Å². The normalized spacial score (nSPS) is 14.4. The van der Waals surface area contributed by atoms with Gasteiger partial charge in [-0.15, -0.1) is 0 Å². The minimum Gasteiger partial charge on any atom is -0.388 e. The molecule has 1 rings (SSSR count). The van der Waals surface area contributed by atoms with Gasteiger partial charge in [0, 0.05) is 18.8 Å². The van der Waals surface area contributed by atoms with Gasteiger partial charge in [0.2, 0.25) is 0 Å². The van der Waals surface area contributed by atoms with Gasteiger partial charge in [-0.05, 0) is 31.4 Å². The number of nitrogens with one attached hydrogen (secondary N) is 1. The van der Waals surface area contributed by atoms with Crippen molar-refractivity contribution < 1.29 is 13.5 Å². The van der Waals surface area contributed by atoms with Crippen molar-refractivity contribution in [3.8, 4) is 6.07 Å². The molecule has 0 heterocycles. The standard InChI is InChI=1S/C14H20N2O3S2/c1-14(17,11-20-2)10-16-6-7-21(18,19)13-5-3-4-12(8-13)9-15/h3-5,8,16-17H,6-7,10-11H2,1-2H3. The third kappa shape index (κ3) is 6.06. The summed E-state index contributed by atoms with van der Waals surface area (Å²) in [5, 5.41) is 21.7. The monoisotopic (exact) mass is 328 g/mol. The molecule has 0 spiro atoms. The fourth-order valence-electron chi connectivity index (χ4n) is 1.80. The fraction of sp³-hybridized carbons (Fsp3) is 0.500. The van der Waals surface area contributed by atoms with Crippen LogP contribution in [0, 0.1) is 11.3 Å². The van der Waals surface area contributed by atoms with Crippen LogP contribution in [0.2, 0.25) is 0 Å². The topological polar surface area (TPSA) is 90.2 Å². The highest BCUT2D eigenvalue weighted by Gasteiger charge is 2.20. The second kappa shape index (κ2) is 7.80. The Balaban J connectivity index is 2.56. The highest BCUT2D eigenvalue weighted by atomic mass is 32.2. The van der Waals surface area contributed by atoms with Crippen molar-refractivity contribution in [2.45, 2.75) is 17.4 Å². The Morgan fingerprint density at radius 3 is 2.81 bits per heavy atom. The summed E-state index contributed by atoms with van der Waals surface area (Å²) >= 11 is 1.53. The first kappa shape index (κ1) is 18.0. The largest absolute Gasteiger partial charge is 0.388 e. The van der Waals surface area contributed by atoms with Crippen molar-refractivity contribution in [2.24, 2.45) is 0 Å². The lowest BCUT2D eigenvalue weighted by Crippen LogP contribution is -2.41. The Morgan fingerprint density at radius 1 is 1.48 bits per heavy atom. The molecule has 1 unspecified atom stereocenters. The van der Waals surface area contributed by atoms with Crippen LogP contribution in [0.3, 0.4) is 0 Å². The predicted octanol–water partition coefficient (Wildman–Crippen LogP) is 1.04. The minimum atomic E-state index is -3.42. The molecule has 0 bridgehead atoms. The van der Waals surface area contributed by atoms with Gasteiger partial charge < -0.3 is 10.4 Å². The van der Waals surface area contributed by atoms with Crippen LogP contribution in [0.1, 0.15) is 12.5 Å². The van der Waals surface area contributed by atoms with Crippen molar-refractivity contribution >= 4 is 21.6 Å². The number of aliphatic hydroxyl groups is 1. The fourth-order valence-corrected chi connectivity index (χ4v) is 3.77. The van der Waals surface area contributed by atoms with Crippen LogP contribution >= 0.6 is 11.8 Å². The Morgan fingerprint density at radius 2 is 2.19 bits per heavy atom. The first-order chi connectivity index (χ1) is 9.80. The third-order valence-corrected chi connectivity index (χ3v) is 5.46. The molecule has 5 nitrogen and oxygen atoms in total. The summed E-state index contributed by atoms with van der Waals surface area (Å²) in [7, 11) is -3.42. The van der Waals surface area contributed by atoms with E-state index < -0.39 is 15.4 Å². The van der Waals surface area contributed by atoms with E-state index in [4.69, 9.17) is 5.26 Å². The maximum atomic E-state index is 12.1. The molecular weight excluding hydrogens is 308 g/mol. The van der Waals surface area contributed by atoms with Crippen LogP contribution in [0.15, 0.2) is 29.2 Å². The van der Waals surface area contributed by atoms with Gasteiger partial charge in [-0.25, -0.2) is 8.42 Å². The maximum absolute atomic E-state index is 12.1. The molecule has 0 aromatic heterocycles. The van der Waals surface area contributed by atoms with Gasteiger partial charge in [0.25, 0.3) is 0 Å². The molecule has 116 valence electrons. The van der Waals surface area contributed by atoms with Gasteiger partial charge in [0.05, 0.1) is 27.9 Å². The van der Waals surface area contributed by atoms with Crippen LogP contribution in [-0.4, -0.2) is 50.0 Å². The summed E-state index contributed by atoms with van der Waals surface area (Å²) in [6, 6.07) is 7.91. The van der Waals surface area contributed by atoms with Crippen LogP contribution in [0.4, 0.5) is 0 Å². The molecule has 1 aromatic rings. The summed E-state index contributed by atoms with van der Waals surface area (Å²) in [4.78, 5) is 0.152. The number of nitriles is 1. The molecule has 7 heteroatoms. The van der Waals surface area contributed by atoms with E-state index in [1.165, 1.54) is 23.9 Å². The summed E-state index contributed by atoms with van der Waals surface area (Å²) in [6.45, 7) is 2.30. The maximum Gasteiger partial charge on any atom is 0.179 e. The molecule has 0 aliphatic heterocycles. The molecule has 1 aromatic carbocycles. The number of rotatable bonds is 8. The number of nitrogens with zero attached hydrogens (tertiary/aromatic N) is 1. The van der Waals surface area contributed by atoms with Gasteiger partial charge in [-0.3, -0.25) is 0 Å². The molecule has 21 heavy (non-hydrogen) atoms. The Kier molecular flexibility index (Phi) is 6.68. The molecule has 0 aliphatic rings. The van der Waals surface area contributed by atoms with Gasteiger partial charge in [-0.2, -0.15) is 17.0 Å². The molecule has 0 aliphatic carbocycles. The van der Waals surface area contributed by atoms with E-state index in [1.807, 2.05) is 12.3 Å². The van der Waals surface area contributed by atoms with Gasteiger partial charge in [0.15, 0.2) is 9.84 Å². The zero-order chi connectivity index (χ0) is 15.9. The predicted molar refractivity (Wildman–Crippen MR) is 85.1 cm³/mol. The van der Waals surface area contributed by atoms with Crippen molar-refractivity contribution in [2.75, 3.05) is 30.9 Å². The van der Waals surface area contributed by atoms with E-state index in [1.54, 1.807) is 19.1 Å². The van der Waals surface area contributed by atoms with Gasteiger partial charge in [0.1, 0.15) is 0 Å². The number of hydrogen-bond acceptors (Lipinski definition) is 6. The van der Waals surface area contributed by atoms with Crippen LogP contribution in [0.25, 0.3) is 0 Å². The molecule has 0 saturated heterocycles. The van der Waals surface area contributed by atoms with Crippen molar-refractivity contribution in [1.29, 1.82) is 5.26 Å². The lowest BCUT2D eigenvalue weighted by Gasteiger charge is -2.22. The molecule has 0 saturated carbocycles. The number of thioether (sulfide) groups is 1. The van der Waals surface area contributed by atoms with Crippen molar-refractivity contribution in [1.82, 2.24) is 5.32 Å². The highest BCUT2D eigenvalue weighted by molar-refractivity contribution is 7.98. The molecule has 0 fully saturated rings. The summed E-state index contributed by atoms with van der Waals surface area (Å²) in [5.41, 5.74) is -0.531. The lowest BCUT2D eigenvalue weighted by molar-refractivity contribution is 0.0856. The van der Waals surface area contributed by atoms with E-state index in [0.717, 1.165) is 0 Å². The number of benzene rings is 1. The molecule has 0 amide bonds. The quantitative estimate of drug-likeness (QED) is 0.693. The van der Waals surface area contributed by atoms with Crippen molar-refractivity contribution in [3.63, 3.8) is 0 Å². The SMILES string of the molecule is CSCC(C)(O)CNCCS(=O)(=O)c1cccc(C#N)c1. The Labute approximate surface area is 130 Å². The van der Waals surface area contributed by atoms with Gasteiger partial charge >= 0.3 is 0 Å². The summed E-state index contributed by atoms with van der Waals surface area (Å²) in [5.74, 6) is 0.508.